The van der Waals surface area contributed by atoms with Crippen molar-refractivity contribution in [3.8, 4) is 0 Å². The highest BCUT2D eigenvalue weighted by molar-refractivity contribution is 7.89. The number of amides is 1. The van der Waals surface area contributed by atoms with Gasteiger partial charge >= 0.3 is 0 Å². The first-order valence-electron chi connectivity index (χ1n) is 8.36. The van der Waals surface area contributed by atoms with Crippen molar-refractivity contribution in [1.82, 2.24) is 14.9 Å². The molecule has 2 aromatic carbocycles. The van der Waals surface area contributed by atoms with Gasteiger partial charge in [-0.05, 0) is 44.8 Å². The molecule has 6 nitrogen and oxygen atoms in total. The molecular weight excluding hydrogens is 350 g/mol. The van der Waals surface area contributed by atoms with E-state index in [-0.39, 0.29) is 10.8 Å². The second kappa shape index (κ2) is 8.93. The van der Waals surface area contributed by atoms with Crippen molar-refractivity contribution in [2.75, 3.05) is 27.2 Å². The van der Waals surface area contributed by atoms with Gasteiger partial charge in [0.2, 0.25) is 10.0 Å². The van der Waals surface area contributed by atoms with Gasteiger partial charge in [-0.1, -0.05) is 35.9 Å². The third-order valence-corrected chi connectivity index (χ3v) is 5.25. The summed E-state index contributed by atoms with van der Waals surface area (Å²) < 4.78 is 27.2. The standard InChI is InChI=1S/C19H25N3O3S/c1-15-6-4-7-16(12-15)14-20-19(23)17-8-5-9-18(13-17)26(24,25)21-10-11-22(2)3/h4-9,12-13,21H,10-11,14H2,1-3H3,(H,20,23). The maximum Gasteiger partial charge on any atom is 0.251 e. The summed E-state index contributed by atoms with van der Waals surface area (Å²) in [5.41, 5.74) is 2.43. The first-order chi connectivity index (χ1) is 12.3. The third-order valence-electron chi connectivity index (χ3n) is 3.79. The first kappa shape index (κ1) is 20.1. The van der Waals surface area contributed by atoms with Gasteiger partial charge in [-0.2, -0.15) is 0 Å². The van der Waals surface area contributed by atoms with Crippen LogP contribution in [0.25, 0.3) is 0 Å². The number of nitrogens with one attached hydrogen (secondary N) is 2. The summed E-state index contributed by atoms with van der Waals surface area (Å²) in [4.78, 5) is 14.3. The van der Waals surface area contributed by atoms with Gasteiger partial charge in [0, 0.05) is 25.2 Å². The molecule has 0 aliphatic rings. The van der Waals surface area contributed by atoms with Gasteiger partial charge in [-0.25, -0.2) is 13.1 Å². The van der Waals surface area contributed by atoms with Gasteiger partial charge in [-0.3, -0.25) is 4.79 Å². The predicted molar refractivity (Wildman–Crippen MR) is 103 cm³/mol. The molecule has 7 heteroatoms. The third kappa shape index (κ3) is 5.94. The van der Waals surface area contributed by atoms with Crippen LogP contribution in [-0.4, -0.2) is 46.4 Å². The Labute approximate surface area is 155 Å². The number of likely N-dealkylation sites (N-methyl/N-ethyl adjacent to an activating group) is 1. The molecule has 0 bridgehead atoms. The Kier molecular flexibility index (Phi) is 6.90. The Morgan fingerprint density at radius 1 is 1.08 bits per heavy atom. The minimum atomic E-state index is -3.64. The highest BCUT2D eigenvalue weighted by atomic mass is 32.2. The maximum absolute atomic E-state index is 12.4. The maximum atomic E-state index is 12.4. The molecule has 0 radical (unpaired) electrons. The lowest BCUT2D eigenvalue weighted by molar-refractivity contribution is 0.0950. The van der Waals surface area contributed by atoms with Gasteiger partial charge in [0.1, 0.15) is 0 Å². The summed E-state index contributed by atoms with van der Waals surface area (Å²) in [5.74, 6) is -0.308. The zero-order valence-corrected chi connectivity index (χ0v) is 16.1. The fourth-order valence-electron chi connectivity index (χ4n) is 2.40. The number of carbonyl (C=O) groups excluding carboxylic acids is 1. The van der Waals surface area contributed by atoms with Crippen molar-refractivity contribution < 1.29 is 13.2 Å². The lowest BCUT2D eigenvalue weighted by atomic mass is 10.1. The Balaban J connectivity index is 2.04. The zero-order valence-electron chi connectivity index (χ0n) is 15.3. The van der Waals surface area contributed by atoms with E-state index in [1.165, 1.54) is 12.1 Å². The average Bonchev–Trinajstić information content (AvgIpc) is 2.59. The van der Waals surface area contributed by atoms with E-state index in [0.717, 1.165) is 11.1 Å². The lowest BCUT2D eigenvalue weighted by Gasteiger charge is -2.12. The number of rotatable bonds is 8. The van der Waals surface area contributed by atoms with E-state index in [9.17, 15) is 13.2 Å². The molecule has 0 unspecified atom stereocenters. The van der Waals surface area contributed by atoms with Crippen LogP contribution in [0.3, 0.4) is 0 Å². The summed E-state index contributed by atoms with van der Waals surface area (Å²) in [5, 5.41) is 2.82. The van der Waals surface area contributed by atoms with E-state index >= 15 is 0 Å². The zero-order chi connectivity index (χ0) is 19.2. The number of hydrogen-bond acceptors (Lipinski definition) is 4. The summed E-state index contributed by atoms with van der Waals surface area (Å²) in [6.45, 7) is 3.27. The lowest BCUT2D eigenvalue weighted by Crippen LogP contribution is -2.31. The van der Waals surface area contributed by atoms with E-state index < -0.39 is 10.0 Å². The van der Waals surface area contributed by atoms with Crippen LogP contribution < -0.4 is 10.0 Å². The SMILES string of the molecule is Cc1cccc(CNC(=O)c2cccc(S(=O)(=O)NCCN(C)C)c2)c1. The number of carbonyl (C=O) groups is 1. The van der Waals surface area contributed by atoms with Crippen LogP contribution in [0.5, 0.6) is 0 Å². The van der Waals surface area contributed by atoms with Crippen molar-refractivity contribution in [2.24, 2.45) is 0 Å². The van der Waals surface area contributed by atoms with Crippen LogP contribution in [0.2, 0.25) is 0 Å². The monoisotopic (exact) mass is 375 g/mol. The average molecular weight is 375 g/mol. The van der Waals surface area contributed by atoms with Crippen LogP contribution in [0.15, 0.2) is 53.4 Å². The van der Waals surface area contributed by atoms with Crippen molar-refractivity contribution in [1.29, 1.82) is 0 Å². The Morgan fingerprint density at radius 2 is 1.81 bits per heavy atom. The van der Waals surface area contributed by atoms with Gasteiger partial charge < -0.3 is 10.2 Å². The summed E-state index contributed by atoms with van der Waals surface area (Å²) in [6.07, 6.45) is 0. The molecule has 1 amide bonds. The van der Waals surface area contributed by atoms with Gasteiger partial charge in [0.05, 0.1) is 4.90 Å². The van der Waals surface area contributed by atoms with Crippen LogP contribution in [0.1, 0.15) is 21.5 Å². The van der Waals surface area contributed by atoms with E-state index in [2.05, 4.69) is 10.0 Å². The molecule has 0 aliphatic heterocycles. The molecule has 0 fully saturated rings. The molecule has 0 aromatic heterocycles. The number of sulfonamides is 1. The second-order valence-corrected chi connectivity index (χ2v) is 8.17. The smallest absolute Gasteiger partial charge is 0.251 e. The van der Waals surface area contributed by atoms with Crippen LogP contribution in [0, 0.1) is 6.92 Å². The molecule has 0 saturated carbocycles. The molecule has 0 spiro atoms. The molecular formula is C19H25N3O3S. The molecule has 0 heterocycles. The van der Waals surface area contributed by atoms with Crippen LogP contribution >= 0.6 is 0 Å². The first-order valence-corrected chi connectivity index (χ1v) is 9.84. The molecule has 2 rings (SSSR count). The van der Waals surface area contributed by atoms with Crippen molar-refractivity contribution in [2.45, 2.75) is 18.4 Å². The number of nitrogens with zero attached hydrogens (tertiary/aromatic N) is 1. The minimum Gasteiger partial charge on any atom is -0.348 e. The molecule has 2 aromatic rings. The van der Waals surface area contributed by atoms with E-state index in [4.69, 9.17) is 0 Å². The van der Waals surface area contributed by atoms with Crippen molar-refractivity contribution in [3.05, 3.63) is 65.2 Å². The molecule has 0 atom stereocenters. The molecule has 0 aliphatic carbocycles. The molecule has 140 valence electrons. The van der Waals surface area contributed by atoms with Crippen LogP contribution in [0.4, 0.5) is 0 Å². The summed E-state index contributed by atoms with van der Waals surface area (Å²) in [7, 11) is 0.0957. The Morgan fingerprint density at radius 3 is 2.50 bits per heavy atom. The number of benzene rings is 2. The highest BCUT2D eigenvalue weighted by Gasteiger charge is 2.16. The van der Waals surface area contributed by atoms with Gasteiger partial charge in [0.15, 0.2) is 0 Å². The topological polar surface area (TPSA) is 78.5 Å². The van der Waals surface area contributed by atoms with Crippen LogP contribution in [-0.2, 0) is 16.6 Å². The minimum absolute atomic E-state index is 0.0828. The number of hydrogen-bond donors (Lipinski definition) is 2. The molecule has 0 saturated heterocycles. The van der Waals surface area contributed by atoms with E-state index in [1.807, 2.05) is 50.2 Å². The Hall–Kier alpha value is -2.22. The van der Waals surface area contributed by atoms with Gasteiger partial charge in [0.25, 0.3) is 5.91 Å². The highest BCUT2D eigenvalue weighted by Crippen LogP contribution is 2.12. The molecule has 2 N–H and O–H groups in total. The van der Waals surface area contributed by atoms with Gasteiger partial charge in [-0.15, -0.1) is 0 Å². The fraction of sp³-hybridized carbons (Fsp3) is 0.316. The summed E-state index contributed by atoms with van der Waals surface area (Å²) in [6, 6.07) is 13.9. The molecule has 26 heavy (non-hydrogen) atoms. The Bertz CT molecular complexity index is 864. The van der Waals surface area contributed by atoms with Crippen molar-refractivity contribution >= 4 is 15.9 Å². The normalized spacial score (nSPS) is 11.5. The quantitative estimate of drug-likeness (QED) is 0.737. The summed E-state index contributed by atoms with van der Waals surface area (Å²) >= 11 is 0. The second-order valence-electron chi connectivity index (χ2n) is 6.40. The fourth-order valence-corrected chi connectivity index (χ4v) is 3.46. The number of aryl methyl sites for hydroxylation is 1. The van der Waals surface area contributed by atoms with E-state index in [1.54, 1.807) is 12.1 Å². The largest absolute Gasteiger partial charge is 0.348 e. The van der Waals surface area contributed by atoms with Crippen molar-refractivity contribution in [3.63, 3.8) is 0 Å². The van der Waals surface area contributed by atoms with E-state index in [0.29, 0.717) is 25.2 Å². The predicted octanol–water partition coefficient (Wildman–Crippen LogP) is 1.76.